The van der Waals surface area contributed by atoms with Gasteiger partial charge in [-0.1, -0.05) is 54.1 Å². The van der Waals surface area contributed by atoms with Crippen LogP contribution in [-0.4, -0.2) is 55.5 Å². The van der Waals surface area contributed by atoms with Gasteiger partial charge in [-0.2, -0.15) is 0 Å². The molecule has 0 spiro atoms. The number of carbonyl (C=O) groups is 1. The summed E-state index contributed by atoms with van der Waals surface area (Å²) in [6, 6.07) is 19.1. The maximum Gasteiger partial charge on any atom is 0.234 e. The van der Waals surface area contributed by atoms with Crippen molar-refractivity contribution in [1.82, 2.24) is 15.1 Å². The van der Waals surface area contributed by atoms with E-state index >= 15 is 0 Å². The number of carbonyl (C=O) groups excluding carboxylic acids is 1. The minimum atomic E-state index is 0.117. The van der Waals surface area contributed by atoms with E-state index in [1.54, 1.807) is 0 Å². The van der Waals surface area contributed by atoms with E-state index in [2.05, 4.69) is 52.5 Å². The summed E-state index contributed by atoms with van der Waals surface area (Å²) in [5, 5.41) is 3.80. The lowest BCUT2D eigenvalue weighted by atomic mass is 9.90. The van der Waals surface area contributed by atoms with Gasteiger partial charge in [0.15, 0.2) is 0 Å². The predicted molar refractivity (Wildman–Crippen MR) is 113 cm³/mol. The molecule has 2 aromatic rings. The molecule has 4 nitrogen and oxygen atoms in total. The van der Waals surface area contributed by atoms with E-state index in [0.29, 0.717) is 31.0 Å². The number of rotatable bonds is 6. The van der Waals surface area contributed by atoms with Crippen molar-refractivity contribution in [1.29, 1.82) is 0 Å². The molecule has 2 aliphatic rings. The first-order valence-electron chi connectivity index (χ1n) is 10.1. The molecule has 2 aromatic carbocycles. The van der Waals surface area contributed by atoms with Gasteiger partial charge in [-0.3, -0.25) is 14.6 Å². The Morgan fingerprint density at radius 1 is 1.11 bits per heavy atom. The summed E-state index contributed by atoms with van der Waals surface area (Å²) < 4.78 is 0. The zero-order valence-electron chi connectivity index (χ0n) is 16.4. The maximum absolute atomic E-state index is 12.4. The third-order valence-corrected chi connectivity index (χ3v) is 6.34. The van der Waals surface area contributed by atoms with E-state index in [1.165, 1.54) is 5.56 Å². The zero-order valence-corrected chi connectivity index (χ0v) is 17.1. The Hall–Kier alpha value is -1.88. The lowest BCUT2D eigenvalue weighted by molar-refractivity contribution is -0.122. The molecule has 3 atom stereocenters. The highest BCUT2D eigenvalue weighted by molar-refractivity contribution is 6.30. The van der Waals surface area contributed by atoms with Crippen LogP contribution in [0, 0.1) is 11.8 Å². The smallest absolute Gasteiger partial charge is 0.234 e. The number of benzene rings is 2. The van der Waals surface area contributed by atoms with Crippen LogP contribution in [0.4, 0.5) is 0 Å². The van der Waals surface area contributed by atoms with Gasteiger partial charge in [-0.25, -0.2) is 0 Å². The fraction of sp³-hybridized carbons (Fsp3) is 0.435. The molecule has 1 amide bonds. The number of hydrogen-bond donors (Lipinski definition) is 1. The van der Waals surface area contributed by atoms with E-state index in [-0.39, 0.29) is 5.91 Å². The van der Waals surface area contributed by atoms with E-state index in [9.17, 15) is 4.79 Å². The van der Waals surface area contributed by atoms with Gasteiger partial charge in [0.25, 0.3) is 0 Å². The van der Waals surface area contributed by atoms with E-state index in [1.807, 2.05) is 24.3 Å². The normalized spacial score (nSPS) is 25.0. The van der Waals surface area contributed by atoms with Gasteiger partial charge in [-0.05, 0) is 48.6 Å². The molecule has 2 fully saturated rings. The lowest BCUT2D eigenvalue weighted by Gasteiger charge is -2.26. The van der Waals surface area contributed by atoms with Crippen LogP contribution in [0.15, 0.2) is 54.6 Å². The first kappa shape index (κ1) is 19.4. The highest BCUT2D eigenvalue weighted by Gasteiger charge is 2.46. The van der Waals surface area contributed by atoms with Crippen LogP contribution in [-0.2, 0) is 11.2 Å². The van der Waals surface area contributed by atoms with Crippen molar-refractivity contribution in [2.24, 2.45) is 11.8 Å². The number of likely N-dealkylation sites (tertiary alicyclic amines) is 2. The number of nitrogens with one attached hydrogen (secondary N) is 1. The Kier molecular flexibility index (Phi) is 6.00. The Balaban J connectivity index is 1.27. The molecule has 0 aromatic heterocycles. The molecule has 0 bridgehead atoms. The van der Waals surface area contributed by atoms with Gasteiger partial charge in [0.1, 0.15) is 0 Å². The molecule has 28 heavy (non-hydrogen) atoms. The first-order chi connectivity index (χ1) is 13.6. The van der Waals surface area contributed by atoms with Crippen molar-refractivity contribution < 1.29 is 4.79 Å². The van der Waals surface area contributed by atoms with E-state index in [0.717, 1.165) is 36.6 Å². The Morgan fingerprint density at radius 3 is 2.71 bits per heavy atom. The van der Waals surface area contributed by atoms with Gasteiger partial charge in [-0.15, -0.1) is 0 Å². The second kappa shape index (κ2) is 8.64. The Morgan fingerprint density at radius 2 is 1.93 bits per heavy atom. The molecule has 4 rings (SSSR count). The molecule has 2 saturated heterocycles. The van der Waals surface area contributed by atoms with E-state index in [4.69, 9.17) is 11.6 Å². The number of fused-ring (bicyclic) bond motifs is 1. The Labute approximate surface area is 172 Å². The summed E-state index contributed by atoms with van der Waals surface area (Å²) in [7, 11) is 2.23. The van der Waals surface area contributed by atoms with Gasteiger partial charge in [0, 0.05) is 37.2 Å². The fourth-order valence-corrected chi connectivity index (χ4v) is 5.14. The molecule has 0 radical (unpaired) electrons. The quantitative estimate of drug-likeness (QED) is 0.812. The van der Waals surface area contributed by atoms with E-state index < -0.39 is 0 Å². The summed E-state index contributed by atoms with van der Waals surface area (Å²) in [4.78, 5) is 17.2. The number of halogens is 1. The highest BCUT2D eigenvalue weighted by atomic mass is 35.5. The van der Waals surface area contributed by atoms with Crippen LogP contribution in [0.1, 0.15) is 17.2 Å². The van der Waals surface area contributed by atoms with Crippen molar-refractivity contribution in [2.45, 2.75) is 12.5 Å². The first-order valence-corrected chi connectivity index (χ1v) is 10.5. The molecule has 2 heterocycles. The van der Waals surface area contributed by atoms with Gasteiger partial charge in [0.2, 0.25) is 5.91 Å². The van der Waals surface area contributed by atoms with Crippen LogP contribution in [0.25, 0.3) is 0 Å². The van der Waals surface area contributed by atoms with Crippen molar-refractivity contribution in [2.75, 3.05) is 39.8 Å². The molecule has 148 valence electrons. The van der Waals surface area contributed by atoms with Crippen molar-refractivity contribution in [3.05, 3.63) is 70.7 Å². The van der Waals surface area contributed by atoms with Crippen LogP contribution in [0.3, 0.4) is 0 Å². The Bertz CT molecular complexity index is 813. The summed E-state index contributed by atoms with van der Waals surface area (Å²) >= 11 is 6.02. The number of hydrogen-bond acceptors (Lipinski definition) is 3. The standard InChI is InChI=1S/C23H28ClN3O/c1-26-13-19-14-27(15-21(19)23(26)18-7-3-2-4-8-18)16-22(28)25-11-10-17-6-5-9-20(24)12-17/h2-9,12,19,21,23H,10-11,13-16H2,1H3,(H,25,28)/t19-,21+,23-/m0/s1. The molecule has 0 saturated carbocycles. The third kappa shape index (κ3) is 4.40. The van der Waals surface area contributed by atoms with Crippen LogP contribution < -0.4 is 5.32 Å². The SMILES string of the molecule is CN1C[C@H]2CN(CC(=O)NCCc3cccc(Cl)c3)C[C@H]2[C@@H]1c1ccccc1. The van der Waals surface area contributed by atoms with Gasteiger partial charge in [0.05, 0.1) is 6.54 Å². The van der Waals surface area contributed by atoms with Crippen molar-refractivity contribution in [3.8, 4) is 0 Å². The van der Waals surface area contributed by atoms with Gasteiger partial charge >= 0.3 is 0 Å². The molecule has 1 N–H and O–H groups in total. The largest absolute Gasteiger partial charge is 0.355 e. The summed E-state index contributed by atoms with van der Waals surface area (Å²) in [6.07, 6.45) is 0.804. The minimum absolute atomic E-state index is 0.117. The summed E-state index contributed by atoms with van der Waals surface area (Å²) in [6.45, 7) is 4.26. The predicted octanol–water partition coefficient (Wildman–Crippen LogP) is 3.23. The molecule has 2 aliphatic heterocycles. The second-order valence-electron chi connectivity index (χ2n) is 8.14. The lowest BCUT2D eigenvalue weighted by Crippen LogP contribution is -2.38. The van der Waals surface area contributed by atoms with Crippen molar-refractivity contribution >= 4 is 17.5 Å². The maximum atomic E-state index is 12.4. The average molecular weight is 398 g/mol. The molecular formula is C23H28ClN3O. The van der Waals surface area contributed by atoms with Crippen LogP contribution >= 0.6 is 11.6 Å². The molecule has 5 heteroatoms. The zero-order chi connectivity index (χ0) is 19.5. The fourth-order valence-electron chi connectivity index (χ4n) is 4.93. The highest BCUT2D eigenvalue weighted by Crippen LogP contribution is 2.43. The van der Waals surface area contributed by atoms with Crippen molar-refractivity contribution in [3.63, 3.8) is 0 Å². The number of amides is 1. The second-order valence-corrected chi connectivity index (χ2v) is 8.58. The third-order valence-electron chi connectivity index (χ3n) is 6.10. The summed E-state index contributed by atoms with van der Waals surface area (Å²) in [5.41, 5.74) is 2.54. The molecule has 0 unspecified atom stereocenters. The number of nitrogens with zero attached hydrogens (tertiary/aromatic N) is 2. The minimum Gasteiger partial charge on any atom is -0.355 e. The molecule has 0 aliphatic carbocycles. The van der Waals surface area contributed by atoms with Crippen LogP contribution in [0.2, 0.25) is 5.02 Å². The average Bonchev–Trinajstić information content (AvgIpc) is 3.18. The van der Waals surface area contributed by atoms with Crippen LogP contribution in [0.5, 0.6) is 0 Å². The summed E-state index contributed by atoms with van der Waals surface area (Å²) in [5.74, 6) is 1.37. The monoisotopic (exact) mass is 397 g/mol. The topological polar surface area (TPSA) is 35.6 Å². The molecular weight excluding hydrogens is 370 g/mol. The van der Waals surface area contributed by atoms with Gasteiger partial charge < -0.3 is 5.32 Å².